The lowest BCUT2D eigenvalue weighted by atomic mass is 10.1. The monoisotopic (exact) mass is 233 g/mol. The van der Waals surface area contributed by atoms with Gasteiger partial charge >= 0.3 is 0 Å². The van der Waals surface area contributed by atoms with Crippen molar-refractivity contribution in [2.24, 2.45) is 0 Å². The second-order valence-corrected chi connectivity index (χ2v) is 4.87. The smallest absolute Gasteiger partial charge is 0.119 e. The Kier molecular flexibility index (Phi) is 4.43. The SMILES string of the molecule is CCOc1ccc(C(C)NC2CCCC2)cc1. The van der Waals surface area contributed by atoms with Crippen LogP contribution in [-0.2, 0) is 0 Å². The van der Waals surface area contributed by atoms with Gasteiger partial charge in [-0.3, -0.25) is 0 Å². The molecule has 94 valence electrons. The molecule has 0 amide bonds. The molecule has 0 bridgehead atoms. The van der Waals surface area contributed by atoms with E-state index in [2.05, 4.69) is 36.5 Å². The van der Waals surface area contributed by atoms with E-state index >= 15 is 0 Å². The number of hydrogen-bond donors (Lipinski definition) is 1. The van der Waals surface area contributed by atoms with Crippen LogP contribution in [-0.4, -0.2) is 12.6 Å². The van der Waals surface area contributed by atoms with Gasteiger partial charge in [-0.25, -0.2) is 0 Å². The maximum Gasteiger partial charge on any atom is 0.119 e. The molecule has 0 heterocycles. The van der Waals surface area contributed by atoms with Crippen molar-refractivity contribution in [1.29, 1.82) is 0 Å². The van der Waals surface area contributed by atoms with Gasteiger partial charge < -0.3 is 10.1 Å². The Morgan fingerprint density at radius 2 is 1.88 bits per heavy atom. The van der Waals surface area contributed by atoms with E-state index in [0.29, 0.717) is 6.04 Å². The van der Waals surface area contributed by atoms with Crippen LogP contribution in [0.15, 0.2) is 24.3 Å². The largest absolute Gasteiger partial charge is 0.494 e. The van der Waals surface area contributed by atoms with Gasteiger partial charge in [-0.1, -0.05) is 25.0 Å². The summed E-state index contributed by atoms with van der Waals surface area (Å²) in [6, 6.07) is 9.61. The van der Waals surface area contributed by atoms with Gasteiger partial charge in [0.2, 0.25) is 0 Å². The Morgan fingerprint density at radius 3 is 2.47 bits per heavy atom. The lowest BCUT2D eigenvalue weighted by Crippen LogP contribution is -2.28. The average Bonchev–Trinajstić information content (AvgIpc) is 2.83. The molecule has 0 aromatic heterocycles. The highest BCUT2D eigenvalue weighted by atomic mass is 16.5. The molecule has 2 rings (SSSR count). The molecular formula is C15H23NO. The van der Waals surface area contributed by atoms with Crippen molar-refractivity contribution in [2.45, 2.75) is 51.6 Å². The molecule has 0 saturated heterocycles. The van der Waals surface area contributed by atoms with E-state index in [-0.39, 0.29) is 0 Å². The van der Waals surface area contributed by atoms with Crippen molar-refractivity contribution in [1.82, 2.24) is 5.32 Å². The Balaban J connectivity index is 1.91. The van der Waals surface area contributed by atoms with Crippen LogP contribution in [0.4, 0.5) is 0 Å². The maximum atomic E-state index is 5.45. The summed E-state index contributed by atoms with van der Waals surface area (Å²) in [6.07, 6.45) is 5.43. The molecule has 1 aromatic rings. The Labute approximate surface area is 104 Å². The van der Waals surface area contributed by atoms with Gasteiger partial charge in [0.25, 0.3) is 0 Å². The summed E-state index contributed by atoms with van der Waals surface area (Å²) in [4.78, 5) is 0. The van der Waals surface area contributed by atoms with Crippen molar-refractivity contribution >= 4 is 0 Å². The van der Waals surface area contributed by atoms with E-state index in [9.17, 15) is 0 Å². The summed E-state index contributed by atoms with van der Waals surface area (Å²) < 4.78 is 5.45. The fraction of sp³-hybridized carbons (Fsp3) is 0.600. The van der Waals surface area contributed by atoms with Gasteiger partial charge in [0.05, 0.1) is 6.61 Å². The van der Waals surface area contributed by atoms with Crippen LogP contribution in [0.2, 0.25) is 0 Å². The van der Waals surface area contributed by atoms with Crippen molar-refractivity contribution < 1.29 is 4.74 Å². The minimum Gasteiger partial charge on any atom is -0.494 e. The second-order valence-electron chi connectivity index (χ2n) is 4.87. The van der Waals surface area contributed by atoms with Gasteiger partial charge in [0.1, 0.15) is 5.75 Å². The van der Waals surface area contributed by atoms with E-state index in [1.165, 1.54) is 31.2 Å². The molecule has 1 aliphatic rings. The van der Waals surface area contributed by atoms with Crippen LogP contribution in [0.1, 0.15) is 51.1 Å². The van der Waals surface area contributed by atoms with E-state index in [1.54, 1.807) is 0 Å². The van der Waals surface area contributed by atoms with Crippen LogP contribution in [0, 0.1) is 0 Å². The number of hydrogen-bond acceptors (Lipinski definition) is 2. The fourth-order valence-electron chi connectivity index (χ4n) is 2.56. The zero-order chi connectivity index (χ0) is 12.1. The number of nitrogens with one attached hydrogen (secondary N) is 1. The topological polar surface area (TPSA) is 21.3 Å². The summed E-state index contributed by atoms with van der Waals surface area (Å²) in [5.41, 5.74) is 1.35. The molecule has 1 atom stereocenters. The number of rotatable bonds is 5. The molecule has 2 nitrogen and oxygen atoms in total. The van der Waals surface area contributed by atoms with Crippen molar-refractivity contribution in [3.63, 3.8) is 0 Å². The van der Waals surface area contributed by atoms with Crippen LogP contribution in [0.3, 0.4) is 0 Å². The first kappa shape index (κ1) is 12.4. The molecule has 1 fully saturated rings. The zero-order valence-electron chi connectivity index (χ0n) is 10.9. The molecule has 1 aliphatic carbocycles. The lowest BCUT2D eigenvalue weighted by molar-refractivity contribution is 0.340. The summed E-state index contributed by atoms with van der Waals surface area (Å²) in [7, 11) is 0. The molecule has 2 heteroatoms. The van der Waals surface area contributed by atoms with Crippen LogP contribution >= 0.6 is 0 Å². The van der Waals surface area contributed by atoms with Gasteiger partial charge in [0, 0.05) is 12.1 Å². The van der Waals surface area contributed by atoms with Gasteiger partial charge in [-0.05, 0) is 44.4 Å². The van der Waals surface area contributed by atoms with E-state index < -0.39 is 0 Å². The first-order valence-electron chi connectivity index (χ1n) is 6.78. The van der Waals surface area contributed by atoms with Crippen molar-refractivity contribution in [3.8, 4) is 5.75 Å². The summed E-state index contributed by atoms with van der Waals surface area (Å²) in [5.74, 6) is 0.962. The van der Waals surface area contributed by atoms with Crippen molar-refractivity contribution in [2.75, 3.05) is 6.61 Å². The van der Waals surface area contributed by atoms with E-state index in [0.717, 1.165) is 18.4 Å². The number of benzene rings is 1. The molecule has 1 unspecified atom stereocenters. The molecule has 0 aliphatic heterocycles. The fourth-order valence-corrected chi connectivity index (χ4v) is 2.56. The normalized spacial score (nSPS) is 18.2. The summed E-state index contributed by atoms with van der Waals surface area (Å²) >= 11 is 0. The highest BCUT2D eigenvalue weighted by molar-refractivity contribution is 5.29. The molecule has 0 radical (unpaired) electrons. The molecular weight excluding hydrogens is 210 g/mol. The first-order valence-corrected chi connectivity index (χ1v) is 6.78. The van der Waals surface area contributed by atoms with E-state index in [1.807, 2.05) is 6.92 Å². The van der Waals surface area contributed by atoms with Crippen LogP contribution < -0.4 is 10.1 Å². The summed E-state index contributed by atoms with van der Waals surface area (Å²) in [5, 5.41) is 3.71. The molecule has 0 spiro atoms. The third-order valence-electron chi connectivity index (χ3n) is 3.53. The minimum absolute atomic E-state index is 0.439. The Bertz CT molecular complexity index is 327. The predicted molar refractivity (Wildman–Crippen MR) is 71.4 cm³/mol. The highest BCUT2D eigenvalue weighted by Gasteiger charge is 2.17. The third-order valence-corrected chi connectivity index (χ3v) is 3.53. The standard InChI is InChI=1S/C15H23NO/c1-3-17-15-10-8-13(9-11-15)12(2)16-14-6-4-5-7-14/h8-12,14,16H,3-7H2,1-2H3. The number of ether oxygens (including phenoxy) is 1. The van der Waals surface area contributed by atoms with Crippen LogP contribution in [0.5, 0.6) is 5.75 Å². The highest BCUT2D eigenvalue weighted by Crippen LogP contribution is 2.23. The van der Waals surface area contributed by atoms with E-state index in [4.69, 9.17) is 4.74 Å². The lowest BCUT2D eigenvalue weighted by Gasteiger charge is -2.19. The maximum absolute atomic E-state index is 5.45. The minimum atomic E-state index is 0.439. The predicted octanol–water partition coefficient (Wildman–Crippen LogP) is 3.68. The first-order chi connectivity index (χ1) is 8.29. The molecule has 17 heavy (non-hydrogen) atoms. The Hall–Kier alpha value is -1.02. The third kappa shape index (κ3) is 3.47. The van der Waals surface area contributed by atoms with Crippen LogP contribution in [0.25, 0.3) is 0 Å². The van der Waals surface area contributed by atoms with Gasteiger partial charge in [-0.2, -0.15) is 0 Å². The summed E-state index contributed by atoms with van der Waals surface area (Å²) in [6.45, 7) is 4.99. The second kappa shape index (κ2) is 6.06. The zero-order valence-corrected chi connectivity index (χ0v) is 10.9. The Morgan fingerprint density at radius 1 is 1.24 bits per heavy atom. The van der Waals surface area contributed by atoms with Gasteiger partial charge in [0.15, 0.2) is 0 Å². The molecule has 1 saturated carbocycles. The van der Waals surface area contributed by atoms with Crippen molar-refractivity contribution in [3.05, 3.63) is 29.8 Å². The molecule has 1 N–H and O–H groups in total. The quantitative estimate of drug-likeness (QED) is 0.837. The average molecular weight is 233 g/mol. The van der Waals surface area contributed by atoms with Gasteiger partial charge in [-0.15, -0.1) is 0 Å². The molecule has 1 aromatic carbocycles.